The van der Waals surface area contributed by atoms with Gasteiger partial charge in [0.2, 0.25) is 5.91 Å². The van der Waals surface area contributed by atoms with Crippen LogP contribution in [0.25, 0.3) is 0 Å². The smallest absolute Gasteiger partial charge is 0.216 e. The number of nitriles is 1. The highest BCUT2D eigenvalue weighted by atomic mass is 16.1. The molecule has 1 heterocycles. The number of piperidine rings is 1. The molecule has 1 saturated heterocycles. The van der Waals surface area contributed by atoms with E-state index in [-0.39, 0.29) is 5.91 Å². The van der Waals surface area contributed by atoms with Crippen molar-refractivity contribution in [2.45, 2.75) is 39.0 Å². The molecule has 0 saturated carbocycles. The Morgan fingerprint density at radius 3 is 2.71 bits per heavy atom. The lowest BCUT2D eigenvalue weighted by Crippen LogP contribution is -2.38. The molecule has 0 aromatic rings. The van der Waals surface area contributed by atoms with Crippen molar-refractivity contribution in [3.8, 4) is 6.07 Å². The SMILES string of the molecule is CC(=O)NCC1CCN(CCCCC#N)CC1. The molecule has 1 N–H and O–H groups in total. The van der Waals surface area contributed by atoms with Crippen molar-refractivity contribution in [3.05, 3.63) is 0 Å². The first-order valence-corrected chi connectivity index (χ1v) is 6.56. The first-order valence-electron chi connectivity index (χ1n) is 6.56. The predicted octanol–water partition coefficient (Wildman–Crippen LogP) is 1.53. The third-order valence-electron chi connectivity index (χ3n) is 3.36. The van der Waals surface area contributed by atoms with Crippen LogP contribution in [0.5, 0.6) is 0 Å². The van der Waals surface area contributed by atoms with Crippen molar-refractivity contribution in [2.75, 3.05) is 26.2 Å². The van der Waals surface area contributed by atoms with Crippen molar-refractivity contribution >= 4 is 5.91 Å². The summed E-state index contributed by atoms with van der Waals surface area (Å²) in [6.45, 7) is 5.80. The summed E-state index contributed by atoms with van der Waals surface area (Å²) in [5.74, 6) is 0.721. The number of likely N-dealkylation sites (tertiary alicyclic amines) is 1. The van der Waals surface area contributed by atoms with Crippen molar-refractivity contribution in [1.82, 2.24) is 10.2 Å². The Kier molecular flexibility index (Phi) is 6.64. The molecule has 4 heteroatoms. The quantitative estimate of drug-likeness (QED) is 0.713. The lowest BCUT2D eigenvalue weighted by Gasteiger charge is -2.31. The highest BCUT2D eigenvalue weighted by Gasteiger charge is 2.18. The molecule has 0 aromatic heterocycles. The molecule has 0 radical (unpaired) electrons. The fourth-order valence-corrected chi connectivity index (χ4v) is 2.24. The summed E-state index contributed by atoms with van der Waals surface area (Å²) in [7, 11) is 0. The monoisotopic (exact) mass is 237 g/mol. The first kappa shape index (κ1) is 14.0. The van der Waals surface area contributed by atoms with Gasteiger partial charge in [-0.15, -0.1) is 0 Å². The van der Waals surface area contributed by atoms with Crippen LogP contribution < -0.4 is 5.32 Å². The maximum atomic E-state index is 10.8. The van der Waals surface area contributed by atoms with Crippen LogP contribution in [-0.4, -0.2) is 37.0 Å². The number of nitrogens with zero attached hydrogens (tertiary/aromatic N) is 2. The van der Waals surface area contributed by atoms with E-state index in [0.29, 0.717) is 12.3 Å². The van der Waals surface area contributed by atoms with Gasteiger partial charge in [-0.05, 0) is 51.2 Å². The third-order valence-corrected chi connectivity index (χ3v) is 3.36. The lowest BCUT2D eigenvalue weighted by molar-refractivity contribution is -0.119. The lowest BCUT2D eigenvalue weighted by atomic mass is 9.96. The number of hydrogen-bond donors (Lipinski definition) is 1. The molecular formula is C13H23N3O. The first-order chi connectivity index (χ1) is 8.22. The largest absolute Gasteiger partial charge is 0.356 e. The molecule has 0 bridgehead atoms. The van der Waals surface area contributed by atoms with E-state index in [1.54, 1.807) is 6.92 Å². The van der Waals surface area contributed by atoms with E-state index in [2.05, 4.69) is 16.3 Å². The molecule has 0 spiro atoms. The second-order valence-electron chi connectivity index (χ2n) is 4.84. The highest BCUT2D eigenvalue weighted by molar-refractivity contribution is 5.72. The molecule has 1 fully saturated rings. The van der Waals surface area contributed by atoms with Crippen molar-refractivity contribution in [2.24, 2.45) is 5.92 Å². The zero-order chi connectivity index (χ0) is 12.5. The van der Waals surface area contributed by atoms with Gasteiger partial charge in [-0.3, -0.25) is 4.79 Å². The second-order valence-corrected chi connectivity index (χ2v) is 4.84. The average Bonchev–Trinajstić information content (AvgIpc) is 2.33. The molecule has 96 valence electrons. The number of hydrogen-bond acceptors (Lipinski definition) is 3. The van der Waals surface area contributed by atoms with Gasteiger partial charge in [0, 0.05) is 19.9 Å². The summed E-state index contributed by atoms with van der Waals surface area (Å²) >= 11 is 0. The summed E-state index contributed by atoms with van der Waals surface area (Å²) in [6.07, 6.45) is 5.18. The minimum absolute atomic E-state index is 0.0731. The van der Waals surface area contributed by atoms with E-state index in [1.165, 1.54) is 12.8 Å². The van der Waals surface area contributed by atoms with Gasteiger partial charge in [-0.2, -0.15) is 5.26 Å². The highest BCUT2D eigenvalue weighted by Crippen LogP contribution is 2.16. The van der Waals surface area contributed by atoms with Gasteiger partial charge in [0.15, 0.2) is 0 Å². The Bertz CT molecular complexity index is 264. The minimum atomic E-state index is 0.0731. The van der Waals surface area contributed by atoms with Crippen molar-refractivity contribution in [3.63, 3.8) is 0 Å². The summed E-state index contributed by atoms with van der Waals surface area (Å²) in [6, 6.07) is 2.18. The van der Waals surface area contributed by atoms with Gasteiger partial charge >= 0.3 is 0 Å². The Hall–Kier alpha value is -1.08. The van der Waals surface area contributed by atoms with Gasteiger partial charge in [-0.25, -0.2) is 0 Å². The number of amides is 1. The molecule has 17 heavy (non-hydrogen) atoms. The molecule has 0 atom stereocenters. The summed E-state index contributed by atoms with van der Waals surface area (Å²) < 4.78 is 0. The van der Waals surface area contributed by atoms with Crippen LogP contribution in [-0.2, 0) is 4.79 Å². The van der Waals surface area contributed by atoms with Crippen LogP contribution in [0.2, 0.25) is 0 Å². The van der Waals surface area contributed by atoms with Crippen LogP contribution in [0.15, 0.2) is 0 Å². The van der Waals surface area contributed by atoms with Crippen molar-refractivity contribution in [1.29, 1.82) is 5.26 Å². The molecule has 0 unspecified atom stereocenters. The topological polar surface area (TPSA) is 56.1 Å². The molecule has 1 aliphatic rings. The Morgan fingerprint density at radius 1 is 1.41 bits per heavy atom. The average molecular weight is 237 g/mol. The van der Waals surface area contributed by atoms with E-state index in [4.69, 9.17) is 5.26 Å². The number of carbonyl (C=O) groups is 1. The molecule has 1 amide bonds. The second kappa shape index (κ2) is 8.08. The maximum Gasteiger partial charge on any atom is 0.216 e. The summed E-state index contributed by atoms with van der Waals surface area (Å²) in [4.78, 5) is 13.3. The van der Waals surface area contributed by atoms with Gasteiger partial charge in [0.1, 0.15) is 0 Å². The minimum Gasteiger partial charge on any atom is -0.356 e. The van der Waals surface area contributed by atoms with E-state index in [9.17, 15) is 4.79 Å². The van der Waals surface area contributed by atoms with Gasteiger partial charge in [-0.1, -0.05) is 0 Å². The molecule has 1 rings (SSSR count). The third kappa shape index (κ3) is 6.28. The standard InChI is InChI=1S/C13H23N3O/c1-12(17)15-11-13-5-9-16(10-6-13)8-4-2-3-7-14/h13H,2-6,8-11H2,1H3,(H,15,17). The fourth-order valence-electron chi connectivity index (χ4n) is 2.24. The van der Waals surface area contributed by atoms with E-state index >= 15 is 0 Å². The number of carbonyl (C=O) groups excluding carboxylic acids is 1. The van der Waals surface area contributed by atoms with Gasteiger partial charge in [0.05, 0.1) is 6.07 Å². The molecule has 0 aromatic carbocycles. The van der Waals surface area contributed by atoms with Crippen LogP contribution >= 0.6 is 0 Å². The zero-order valence-electron chi connectivity index (χ0n) is 10.7. The Morgan fingerprint density at radius 2 is 2.12 bits per heavy atom. The van der Waals surface area contributed by atoms with Crippen LogP contribution in [0.1, 0.15) is 39.0 Å². The van der Waals surface area contributed by atoms with Crippen LogP contribution in [0, 0.1) is 17.2 Å². The van der Waals surface area contributed by atoms with E-state index < -0.39 is 0 Å². The molecule has 1 aliphatic heterocycles. The van der Waals surface area contributed by atoms with Crippen LogP contribution in [0.3, 0.4) is 0 Å². The molecular weight excluding hydrogens is 214 g/mol. The van der Waals surface area contributed by atoms with Crippen molar-refractivity contribution < 1.29 is 4.79 Å². The number of nitrogens with one attached hydrogen (secondary N) is 1. The maximum absolute atomic E-state index is 10.8. The van der Waals surface area contributed by atoms with Crippen LogP contribution in [0.4, 0.5) is 0 Å². The van der Waals surface area contributed by atoms with Gasteiger partial charge < -0.3 is 10.2 Å². The normalized spacial score (nSPS) is 17.6. The molecule has 4 nitrogen and oxygen atoms in total. The Labute approximate surface area is 104 Å². The zero-order valence-corrected chi connectivity index (χ0v) is 10.7. The number of rotatable bonds is 6. The number of unbranched alkanes of at least 4 members (excludes halogenated alkanes) is 2. The van der Waals surface area contributed by atoms with E-state index in [0.717, 1.165) is 39.0 Å². The summed E-state index contributed by atoms with van der Waals surface area (Å²) in [5, 5.41) is 11.3. The predicted molar refractivity (Wildman–Crippen MR) is 67.3 cm³/mol. The van der Waals surface area contributed by atoms with Gasteiger partial charge in [0.25, 0.3) is 0 Å². The Balaban J connectivity index is 2.05. The fraction of sp³-hybridized carbons (Fsp3) is 0.846. The van der Waals surface area contributed by atoms with E-state index in [1.807, 2.05) is 0 Å². The summed E-state index contributed by atoms with van der Waals surface area (Å²) in [5.41, 5.74) is 0. The molecule has 0 aliphatic carbocycles.